The molecule has 1 rings (SSSR count). The van der Waals surface area contributed by atoms with Gasteiger partial charge >= 0.3 is 0 Å². The lowest BCUT2D eigenvalue weighted by Gasteiger charge is -2.14. The number of halogens is 1. The number of aliphatic hydroxyl groups is 1. The first kappa shape index (κ1) is 16.3. The quantitative estimate of drug-likeness (QED) is 0.768. The Balaban J connectivity index is 2.63. The maximum absolute atomic E-state index is 8.86. The molecule has 1 aromatic carbocycles. The van der Waals surface area contributed by atoms with E-state index < -0.39 is 0 Å². The van der Waals surface area contributed by atoms with Gasteiger partial charge in [-0.2, -0.15) is 0 Å². The molecule has 0 aromatic heterocycles. The lowest BCUT2D eigenvalue weighted by molar-refractivity contribution is 0.260. The third-order valence-corrected chi connectivity index (χ3v) is 3.72. The molecule has 0 fully saturated rings. The number of rotatable bonds is 8. The second-order valence-electron chi connectivity index (χ2n) is 4.55. The van der Waals surface area contributed by atoms with Crippen LogP contribution in [0.15, 0.2) is 16.6 Å². The van der Waals surface area contributed by atoms with E-state index >= 15 is 0 Å². The highest BCUT2D eigenvalue weighted by atomic mass is 79.9. The van der Waals surface area contributed by atoms with Gasteiger partial charge in [0.1, 0.15) is 0 Å². The number of nitrogens with one attached hydrogen (secondary N) is 1. The molecule has 0 spiro atoms. The Labute approximate surface area is 123 Å². The molecule has 5 heteroatoms. The minimum atomic E-state index is 0.239. The van der Waals surface area contributed by atoms with Gasteiger partial charge in [-0.1, -0.05) is 22.9 Å². The molecule has 0 aliphatic carbocycles. The van der Waals surface area contributed by atoms with Gasteiger partial charge in [0.15, 0.2) is 11.5 Å². The topological polar surface area (TPSA) is 50.7 Å². The molecule has 0 radical (unpaired) electrons. The Hall–Kier alpha value is -0.780. The minimum Gasteiger partial charge on any atom is -0.493 e. The summed E-state index contributed by atoms with van der Waals surface area (Å²) in [7, 11) is 3.26. The number of ether oxygens (including phenoxy) is 2. The van der Waals surface area contributed by atoms with Crippen molar-refractivity contribution in [1.29, 1.82) is 0 Å². The first-order valence-corrected chi connectivity index (χ1v) is 7.13. The largest absolute Gasteiger partial charge is 0.493 e. The normalized spacial score (nSPS) is 12.3. The van der Waals surface area contributed by atoms with Crippen LogP contribution in [0.1, 0.15) is 18.9 Å². The first-order valence-electron chi connectivity index (χ1n) is 6.34. The highest BCUT2D eigenvalue weighted by Gasteiger charge is 2.09. The van der Waals surface area contributed by atoms with Gasteiger partial charge in [0.25, 0.3) is 0 Å². The number of hydrogen-bond donors (Lipinski definition) is 2. The molecular weight excluding hydrogens is 310 g/mol. The zero-order valence-corrected chi connectivity index (χ0v) is 13.3. The van der Waals surface area contributed by atoms with Gasteiger partial charge in [0.05, 0.1) is 14.2 Å². The molecule has 0 aliphatic rings. The van der Waals surface area contributed by atoms with Gasteiger partial charge < -0.3 is 19.9 Å². The van der Waals surface area contributed by atoms with Crippen LogP contribution in [0.4, 0.5) is 0 Å². The summed E-state index contributed by atoms with van der Waals surface area (Å²) in [5.41, 5.74) is 1.12. The number of aliphatic hydroxyl groups excluding tert-OH is 1. The van der Waals surface area contributed by atoms with Crippen molar-refractivity contribution in [1.82, 2.24) is 5.32 Å². The molecule has 4 nitrogen and oxygen atoms in total. The van der Waals surface area contributed by atoms with E-state index in [9.17, 15) is 0 Å². The number of hydrogen-bond acceptors (Lipinski definition) is 4. The predicted octanol–water partition coefficient (Wildman–Crippen LogP) is 2.57. The second-order valence-corrected chi connectivity index (χ2v) is 5.40. The monoisotopic (exact) mass is 331 g/mol. The molecule has 1 unspecified atom stereocenters. The predicted molar refractivity (Wildman–Crippen MR) is 79.8 cm³/mol. The molecule has 19 heavy (non-hydrogen) atoms. The van der Waals surface area contributed by atoms with Crippen LogP contribution >= 0.6 is 15.9 Å². The molecule has 1 aromatic rings. The molecule has 0 bridgehead atoms. The Morgan fingerprint density at radius 3 is 2.47 bits per heavy atom. The first-order chi connectivity index (χ1) is 9.12. The highest BCUT2D eigenvalue weighted by molar-refractivity contribution is 9.10. The third kappa shape index (κ3) is 5.01. The Kier molecular flexibility index (Phi) is 7.20. The van der Waals surface area contributed by atoms with Crippen LogP contribution in [-0.4, -0.2) is 32.5 Å². The molecule has 0 amide bonds. The van der Waals surface area contributed by atoms with Gasteiger partial charge in [0.2, 0.25) is 0 Å². The molecule has 1 atom stereocenters. The average molecular weight is 332 g/mol. The molecule has 0 heterocycles. The van der Waals surface area contributed by atoms with E-state index in [4.69, 9.17) is 14.6 Å². The van der Waals surface area contributed by atoms with Crippen molar-refractivity contribution in [2.45, 2.75) is 19.9 Å². The summed E-state index contributed by atoms with van der Waals surface area (Å²) in [6.07, 6.45) is 0.820. The van der Waals surface area contributed by atoms with Crippen LogP contribution in [0.5, 0.6) is 11.5 Å². The van der Waals surface area contributed by atoms with Gasteiger partial charge in [-0.25, -0.2) is 0 Å². The van der Waals surface area contributed by atoms with E-state index in [1.807, 2.05) is 12.1 Å². The molecule has 2 N–H and O–H groups in total. The smallest absolute Gasteiger partial charge is 0.161 e. The summed E-state index contributed by atoms with van der Waals surface area (Å²) in [5.74, 6) is 1.90. The van der Waals surface area contributed by atoms with Crippen molar-refractivity contribution in [2.75, 3.05) is 27.4 Å². The summed E-state index contributed by atoms with van der Waals surface area (Å²) in [6.45, 7) is 3.98. The standard InChI is InChI=1S/C14H22BrNO3/c1-10(4-5-17)8-16-9-11-6-13(18-2)14(19-3)7-12(11)15/h6-7,10,16-17H,4-5,8-9H2,1-3H3. The van der Waals surface area contributed by atoms with Crippen LogP contribution in [-0.2, 0) is 6.54 Å². The zero-order chi connectivity index (χ0) is 14.3. The van der Waals surface area contributed by atoms with E-state index in [0.717, 1.165) is 35.3 Å². The third-order valence-electron chi connectivity index (χ3n) is 2.98. The van der Waals surface area contributed by atoms with Gasteiger partial charge in [0, 0.05) is 17.6 Å². The molecule has 0 saturated heterocycles. The van der Waals surface area contributed by atoms with E-state index in [0.29, 0.717) is 11.7 Å². The second kappa shape index (κ2) is 8.40. The van der Waals surface area contributed by atoms with Crippen molar-refractivity contribution in [3.05, 3.63) is 22.2 Å². The lowest BCUT2D eigenvalue weighted by atomic mass is 10.1. The Morgan fingerprint density at radius 2 is 1.89 bits per heavy atom. The fourth-order valence-electron chi connectivity index (χ4n) is 1.81. The SMILES string of the molecule is COc1cc(Br)c(CNCC(C)CCO)cc1OC. The summed E-state index contributed by atoms with van der Waals surface area (Å²) < 4.78 is 11.5. The Morgan fingerprint density at radius 1 is 1.26 bits per heavy atom. The Bertz CT molecular complexity index is 399. The van der Waals surface area contributed by atoms with Gasteiger partial charge in [-0.15, -0.1) is 0 Å². The fourth-order valence-corrected chi connectivity index (χ4v) is 2.27. The highest BCUT2D eigenvalue weighted by Crippen LogP contribution is 2.33. The molecule has 0 saturated carbocycles. The van der Waals surface area contributed by atoms with Crippen LogP contribution in [0, 0.1) is 5.92 Å². The van der Waals surface area contributed by atoms with Crippen molar-refractivity contribution in [3.8, 4) is 11.5 Å². The number of benzene rings is 1. The van der Waals surface area contributed by atoms with Crippen molar-refractivity contribution < 1.29 is 14.6 Å². The fraction of sp³-hybridized carbons (Fsp3) is 0.571. The minimum absolute atomic E-state index is 0.239. The maximum Gasteiger partial charge on any atom is 0.161 e. The van der Waals surface area contributed by atoms with Gasteiger partial charge in [-0.3, -0.25) is 0 Å². The van der Waals surface area contributed by atoms with Crippen LogP contribution < -0.4 is 14.8 Å². The van der Waals surface area contributed by atoms with E-state index in [1.54, 1.807) is 14.2 Å². The summed E-state index contributed by atoms with van der Waals surface area (Å²) >= 11 is 3.53. The summed E-state index contributed by atoms with van der Waals surface area (Å²) in [4.78, 5) is 0. The number of methoxy groups -OCH3 is 2. The van der Waals surface area contributed by atoms with E-state index in [2.05, 4.69) is 28.2 Å². The zero-order valence-electron chi connectivity index (χ0n) is 11.7. The molecular formula is C14H22BrNO3. The molecule has 108 valence electrons. The van der Waals surface area contributed by atoms with Crippen LogP contribution in [0.2, 0.25) is 0 Å². The summed E-state index contributed by atoms with van der Waals surface area (Å²) in [5, 5.41) is 12.2. The average Bonchev–Trinajstić information content (AvgIpc) is 2.40. The van der Waals surface area contributed by atoms with Crippen molar-refractivity contribution >= 4 is 15.9 Å². The lowest BCUT2D eigenvalue weighted by Crippen LogP contribution is -2.21. The summed E-state index contributed by atoms with van der Waals surface area (Å²) in [6, 6.07) is 3.87. The van der Waals surface area contributed by atoms with Gasteiger partial charge in [-0.05, 0) is 36.6 Å². The molecule has 0 aliphatic heterocycles. The van der Waals surface area contributed by atoms with Crippen LogP contribution in [0.25, 0.3) is 0 Å². The maximum atomic E-state index is 8.86. The van der Waals surface area contributed by atoms with E-state index in [-0.39, 0.29) is 6.61 Å². The van der Waals surface area contributed by atoms with Crippen molar-refractivity contribution in [3.63, 3.8) is 0 Å². The van der Waals surface area contributed by atoms with Crippen LogP contribution in [0.3, 0.4) is 0 Å². The van der Waals surface area contributed by atoms with Crippen molar-refractivity contribution in [2.24, 2.45) is 5.92 Å². The van der Waals surface area contributed by atoms with E-state index in [1.165, 1.54) is 0 Å².